The van der Waals surface area contributed by atoms with Crippen molar-refractivity contribution in [3.63, 3.8) is 0 Å². The molecule has 0 aromatic heterocycles. The van der Waals surface area contributed by atoms with Crippen LogP contribution in [0, 0.1) is 0 Å². The SMILES string of the molecule is O=C(C1Cc2ccccc2N1)N1CCOC2CCCC21. The Morgan fingerprint density at radius 1 is 1.30 bits per heavy atom. The standard InChI is InChI=1S/C16H20N2O2/c19-16(13-10-11-4-1-2-5-12(11)17-13)18-8-9-20-15-7-3-6-14(15)18/h1-2,4-5,13-15,17H,3,6-10H2. The molecule has 2 aliphatic heterocycles. The minimum Gasteiger partial charge on any atom is -0.374 e. The van der Waals surface area contributed by atoms with Gasteiger partial charge in [-0.3, -0.25) is 4.79 Å². The molecule has 3 aliphatic rings. The predicted octanol–water partition coefficient (Wildman–Crippen LogP) is 1.80. The van der Waals surface area contributed by atoms with Gasteiger partial charge >= 0.3 is 0 Å². The molecule has 1 aliphatic carbocycles. The van der Waals surface area contributed by atoms with Crippen LogP contribution in [0.3, 0.4) is 0 Å². The van der Waals surface area contributed by atoms with Crippen LogP contribution in [-0.4, -0.2) is 42.1 Å². The number of ether oxygens (including phenoxy) is 1. The quantitative estimate of drug-likeness (QED) is 0.847. The van der Waals surface area contributed by atoms with Crippen LogP contribution in [0.4, 0.5) is 5.69 Å². The lowest BCUT2D eigenvalue weighted by atomic mass is 10.1. The number of para-hydroxylation sites is 1. The number of nitrogens with zero attached hydrogens (tertiary/aromatic N) is 1. The van der Waals surface area contributed by atoms with E-state index < -0.39 is 0 Å². The molecule has 1 aromatic rings. The summed E-state index contributed by atoms with van der Waals surface area (Å²) in [5, 5.41) is 3.38. The van der Waals surface area contributed by atoms with Crippen molar-refractivity contribution in [2.45, 2.75) is 43.9 Å². The maximum Gasteiger partial charge on any atom is 0.245 e. The maximum absolute atomic E-state index is 12.8. The Hall–Kier alpha value is -1.55. The largest absolute Gasteiger partial charge is 0.374 e. The van der Waals surface area contributed by atoms with Crippen molar-refractivity contribution >= 4 is 11.6 Å². The molecule has 3 unspecified atom stereocenters. The van der Waals surface area contributed by atoms with Crippen molar-refractivity contribution < 1.29 is 9.53 Å². The summed E-state index contributed by atoms with van der Waals surface area (Å²) in [5.74, 6) is 0.251. The van der Waals surface area contributed by atoms with Crippen molar-refractivity contribution in [3.8, 4) is 0 Å². The van der Waals surface area contributed by atoms with Crippen molar-refractivity contribution in [2.24, 2.45) is 0 Å². The van der Waals surface area contributed by atoms with Crippen molar-refractivity contribution in [1.29, 1.82) is 0 Å². The first kappa shape index (κ1) is 12.2. The molecule has 20 heavy (non-hydrogen) atoms. The first-order valence-corrected chi connectivity index (χ1v) is 7.59. The minimum atomic E-state index is -0.0910. The zero-order valence-corrected chi connectivity index (χ0v) is 11.5. The van der Waals surface area contributed by atoms with E-state index in [2.05, 4.69) is 22.3 Å². The second kappa shape index (κ2) is 4.77. The van der Waals surface area contributed by atoms with Gasteiger partial charge in [-0.15, -0.1) is 0 Å². The Balaban J connectivity index is 1.51. The topological polar surface area (TPSA) is 41.6 Å². The summed E-state index contributed by atoms with van der Waals surface area (Å²) in [6.07, 6.45) is 4.46. The number of carbonyl (C=O) groups excluding carboxylic acids is 1. The summed E-state index contributed by atoms with van der Waals surface area (Å²) in [4.78, 5) is 14.9. The number of hydrogen-bond acceptors (Lipinski definition) is 3. The van der Waals surface area contributed by atoms with E-state index in [0.29, 0.717) is 12.6 Å². The van der Waals surface area contributed by atoms with E-state index in [4.69, 9.17) is 4.74 Å². The number of benzene rings is 1. The molecular weight excluding hydrogens is 252 g/mol. The Bertz CT molecular complexity index is 506. The Morgan fingerprint density at radius 3 is 3.10 bits per heavy atom. The molecular formula is C16H20N2O2. The third-order valence-corrected chi connectivity index (χ3v) is 4.83. The van der Waals surface area contributed by atoms with Gasteiger partial charge in [-0.25, -0.2) is 0 Å². The molecule has 106 valence electrons. The van der Waals surface area contributed by atoms with Crippen LogP contribution >= 0.6 is 0 Å². The lowest BCUT2D eigenvalue weighted by molar-refractivity contribution is -0.144. The summed E-state index contributed by atoms with van der Waals surface area (Å²) >= 11 is 0. The van der Waals surface area contributed by atoms with Crippen molar-refractivity contribution in [2.75, 3.05) is 18.5 Å². The molecule has 4 rings (SSSR count). The number of amides is 1. The van der Waals surface area contributed by atoms with Crippen LogP contribution in [0.2, 0.25) is 0 Å². The van der Waals surface area contributed by atoms with Gasteiger partial charge in [0.25, 0.3) is 0 Å². The highest BCUT2D eigenvalue weighted by atomic mass is 16.5. The van der Waals surface area contributed by atoms with Crippen molar-refractivity contribution in [3.05, 3.63) is 29.8 Å². The normalized spacial score (nSPS) is 31.6. The smallest absolute Gasteiger partial charge is 0.245 e. The number of rotatable bonds is 1. The van der Waals surface area contributed by atoms with E-state index in [1.165, 1.54) is 12.0 Å². The third kappa shape index (κ3) is 1.90. The Kier molecular flexibility index (Phi) is 2.91. The third-order valence-electron chi connectivity index (χ3n) is 4.83. The molecule has 4 heteroatoms. The summed E-state index contributed by atoms with van der Waals surface area (Å²) in [7, 11) is 0. The minimum absolute atomic E-state index is 0.0910. The molecule has 0 radical (unpaired) electrons. The summed E-state index contributed by atoms with van der Waals surface area (Å²) in [6.45, 7) is 1.43. The van der Waals surface area contributed by atoms with Gasteiger partial charge in [0.15, 0.2) is 0 Å². The summed E-state index contributed by atoms with van der Waals surface area (Å²) < 4.78 is 5.79. The monoisotopic (exact) mass is 272 g/mol. The van der Waals surface area contributed by atoms with Gasteiger partial charge in [-0.2, -0.15) is 0 Å². The molecule has 2 fully saturated rings. The molecule has 1 N–H and O–H groups in total. The van der Waals surface area contributed by atoms with Gasteiger partial charge < -0.3 is 15.0 Å². The highest BCUT2D eigenvalue weighted by Crippen LogP contribution is 2.32. The number of carbonyl (C=O) groups is 1. The highest BCUT2D eigenvalue weighted by Gasteiger charge is 2.41. The van der Waals surface area contributed by atoms with Crippen LogP contribution in [-0.2, 0) is 16.0 Å². The van der Waals surface area contributed by atoms with E-state index in [1.807, 2.05) is 12.1 Å². The second-order valence-electron chi connectivity index (χ2n) is 6.00. The summed E-state index contributed by atoms with van der Waals surface area (Å²) in [5.41, 5.74) is 2.36. The van der Waals surface area contributed by atoms with Crippen LogP contribution in [0.5, 0.6) is 0 Å². The fourth-order valence-corrected chi connectivity index (χ4v) is 3.85. The number of nitrogens with one attached hydrogen (secondary N) is 1. The van der Waals surface area contributed by atoms with Crippen molar-refractivity contribution in [1.82, 2.24) is 4.90 Å². The first-order chi connectivity index (χ1) is 9.83. The molecule has 4 nitrogen and oxygen atoms in total. The van der Waals surface area contributed by atoms with E-state index in [1.54, 1.807) is 0 Å². The second-order valence-corrected chi connectivity index (χ2v) is 6.00. The predicted molar refractivity (Wildman–Crippen MR) is 76.6 cm³/mol. The molecule has 0 bridgehead atoms. The van der Waals surface area contributed by atoms with E-state index in [0.717, 1.165) is 31.5 Å². The molecule has 1 saturated carbocycles. The van der Waals surface area contributed by atoms with E-state index >= 15 is 0 Å². The molecule has 1 saturated heterocycles. The first-order valence-electron chi connectivity index (χ1n) is 7.59. The molecule has 0 spiro atoms. The molecule has 3 atom stereocenters. The number of morpholine rings is 1. The number of fused-ring (bicyclic) bond motifs is 2. The van der Waals surface area contributed by atoms with Gasteiger partial charge in [0.2, 0.25) is 5.91 Å². The van der Waals surface area contributed by atoms with Crippen LogP contribution in [0.25, 0.3) is 0 Å². The van der Waals surface area contributed by atoms with Gasteiger partial charge in [0, 0.05) is 18.7 Å². The number of hydrogen-bond donors (Lipinski definition) is 1. The fraction of sp³-hybridized carbons (Fsp3) is 0.562. The highest BCUT2D eigenvalue weighted by molar-refractivity contribution is 5.87. The zero-order chi connectivity index (χ0) is 13.5. The average Bonchev–Trinajstić information content (AvgIpc) is 3.12. The maximum atomic E-state index is 12.8. The van der Waals surface area contributed by atoms with Crippen LogP contribution < -0.4 is 5.32 Å². The molecule has 1 aromatic carbocycles. The Morgan fingerprint density at radius 2 is 2.20 bits per heavy atom. The van der Waals surface area contributed by atoms with Crippen LogP contribution in [0.1, 0.15) is 24.8 Å². The fourth-order valence-electron chi connectivity index (χ4n) is 3.85. The van der Waals surface area contributed by atoms with Crippen LogP contribution in [0.15, 0.2) is 24.3 Å². The van der Waals surface area contributed by atoms with Gasteiger partial charge in [0.1, 0.15) is 6.04 Å². The number of anilines is 1. The molecule has 2 heterocycles. The van der Waals surface area contributed by atoms with E-state index in [-0.39, 0.29) is 18.1 Å². The molecule has 1 amide bonds. The van der Waals surface area contributed by atoms with Gasteiger partial charge in [-0.1, -0.05) is 18.2 Å². The summed E-state index contributed by atoms with van der Waals surface area (Å²) in [6, 6.07) is 8.43. The lowest BCUT2D eigenvalue weighted by Crippen LogP contribution is -2.55. The Labute approximate surface area is 119 Å². The van der Waals surface area contributed by atoms with E-state index in [9.17, 15) is 4.79 Å². The average molecular weight is 272 g/mol. The lowest BCUT2D eigenvalue weighted by Gasteiger charge is -2.39. The zero-order valence-electron chi connectivity index (χ0n) is 11.5. The van der Waals surface area contributed by atoms with Gasteiger partial charge in [-0.05, 0) is 30.9 Å². The van der Waals surface area contributed by atoms with Gasteiger partial charge in [0.05, 0.1) is 18.8 Å².